The monoisotopic (exact) mass is 149 g/mol. The molecule has 0 aromatic carbocycles. The summed E-state index contributed by atoms with van der Waals surface area (Å²) in [6.07, 6.45) is 1.54. The minimum atomic E-state index is 0.252. The van der Waals surface area contributed by atoms with Gasteiger partial charge >= 0.3 is 0 Å². The van der Waals surface area contributed by atoms with E-state index in [9.17, 15) is 0 Å². The fourth-order valence-electron chi connectivity index (χ4n) is 2.80. The van der Waals surface area contributed by atoms with Crippen LogP contribution >= 0.6 is 0 Å². The lowest BCUT2D eigenvalue weighted by molar-refractivity contribution is 0.286. The zero-order valence-electron chi connectivity index (χ0n) is 5.81. The van der Waals surface area contributed by atoms with Gasteiger partial charge in [-0.1, -0.05) is 0 Å². The van der Waals surface area contributed by atoms with Crippen LogP contribution in [-0.4, -0.2) is 24.4 Å². The first-order valence-electron chi connectivity index (χ1n) is 4.12. The van der Waals surface area contributed by atoms with Crippen molar-refractivity contribution in [3.05, 3.63) is 0 Å². The first-order chi connectivity index (χ1) is 5.42. The SMILES string of the molecule is N#CC1[C@@H]2[C@@H]3O[C@@H]3[C@@H]3O[C@H]3[C@H]12. The minimum Gasteiger partial charge on any atom is -0.366 e. The van der Waals surface area contributed by atoms with E-state index in [0.29, 0.717) is 36.3 Å². The molecule has 4 fully saturated rings. The third-order valence-corrected chi connectivity index (χ3v) is 3.49. The van der Waals surface area contributed by atoms with Crippen molar-refractivity contribution < 1.29 is 9.47 Å². The van der Waals surface area contributed by atoms with Crippen LogP contribution in [0.15, 0.2) is 0 Å². The largest absolute Gasteiger partial charge is 0.366 e. The Morgan fingerprint density at radius 3 is 1.91 bits per heavy atom. The van der Waals surface area contributed by atoms with Gasteiger partial charge in [0, 0.05) is 11.8 Å². The quantitative estimate of drug-likeness (QED) is 0.452. The molecule has 4 aliphatic rings. The molecule has 2 saturated carbocycles. The van der Waals surface area contributed by atoms with Gasteiger partial charge in [-0.3, -0.25) is 0 Å². The van der Waals surface area contributed by atoms with E-state index < -0.39 is 0 Å². The summed E-state index contributed by atoms with van der Waals surface area (Å²) in [5.41, 5.74) is 0. The molecule has 2 saturated heterocycles. The summed E-state index contributed by atoms with van der Waals surface area (Å²) in [6, 6.07) is 2.34. The van der Waals surface area contributed by atoms with Gasteiger partial charge in [-0.25, -0.2) is 0 Å². The molecular weight excluding hydrogens is 142 g/mol. The Kier molecular flexibility index (Phi) is 0.566. The topological polar surface area (TPSA) is 48.9 Å². The maximum atomic E-state index is 8.75. The second kappa shape index (κ2) is 1.21. The van der Waals surface area contributed by atoms with E-state index in [0.717, 1.165) is 0 Å². The number of hydrogen-bond donors (Lipinski definition) is 0. The third-order valence-electron chi connectivity index (χ3n) is 3.49. The molecule has 0 amide bonds. The highest BCUT2D eigenvalue weighted by Crippen LogP contribution is 2.67. The molecule has 56 valence electrons. The highest BCUT2D eigenvalue weighted by Gasteiger charge is 2.79. The molecule has 1 unspecified atom stereocenters. The number of hydrogen-bond acceptors (Lipinski definition) is 3. The molecule has 0 N–H and O–H groups in total. The van der Waals surface area contributed by atoms with Crippen molar-refractivity contribution in [1.29, 1.82) is 5.26 Å². The van der Waals surface area contributed by atoms with Gasteiger partial charge in [0.2, 0.25) is 0 Å². The van der Waals surface area contributed by atoms with Gasteiger partial charge in [0.25, 0.3) is 0 Å². The predicted molar refractivity (Wildman–Crippen MR) is 33.4 cm³/mol. The molecule has 0 aromatic rings. The molecule has 4 rings (SSSR count). The Morgan fingerprint density at radius 2 is 1.45 bits per heavy atom. The van der Waals surface area contributed by atoms with Crippen molar-refractivity contribution in [2.45, 2.75) is 24.4 Å². The molecular formula is C8H7NO2. The van der Waals surface area contributed by atoms with E-state index in [2.05, 4.69) is 6.07 Å². The molecule has 3 heteroatoms. The number of nitriles is 1. The van der Waals surface area contributed by atoms with E-state index in [1.54, 1.807) is 0 Å². The van der Waals surface area contributed by atoms with E-state index in [1.807, 2.05) is 0 Å². The molecule has 3 nitrogen and oxygen atoms in total. The number of nitrogens with zero attached hydrogens (tertiary/aromatic N) is 1. The highest BCUT2D eigenvalue weighted by molar-refractivity contribution is 5.28. The van der Waals surface area contributed by atoms with Crippen molar-refractivity contribution in [2.24, 2.45) is 17.8 Å². The van der Waals surface area contributed by atoms with Gasteiger partial charge in [0.05, 0.1) is 24.2 Å². The molecule has 0 bridgehead atoms. The van der Waals surface area contributed by atoms with Gasteiger partial charge in [-0.2, -0.15) is 5.26 Å². The van der Waals surface area contributed by atoms with Gasteiger partial charge in [0.1, 0.15) is 12.2 Å². The average molecular weight is 149 g/mol. The zero-order valence-corrected chi connectivity index (χ0v) is 5.81. The van der Waals surface area contributed by atoms with Crippen LogP contribution in [0, 0.1) is 29.1 Å². The van der Waals surface area contributed by atoms with Crippen molar-refractivity contribution in [3.8, 4) is 6.07 Å². The summed E-state index contributed by atoms with van der Waals surface area (Å²) in [6.45, 7) is 0. The zero-order chi connectivity index (χ0) is 7.16. The second-order valence-corrected chi connectivity index (χ2v) is 3.94. The maximum absolute atomic E-state index is 8.75. The Balaban J connectivity index is 1.75. The Hall–Kier alpha value is -0.590. The lowest BCUT2D eigenvalue weighted by Gasteiger charge is -1.93. The lowest BCUT2D eigenvalue weighted by atomic mass is 10.0. The molecule has 0 aromatic heterocycles. The average Bonchev–Trinajstić information content (AvgIpc) is 2.86. The number of epoxide rings is 2. The number of rotatable bonds is 0. The maximum Gasteiger partial charge on any atom is 0.113 e. The summed E-state index contributed by atoms with van der Waals surface area (Å²) in [5, 5.41) is 8.75. The molecule has 0 spiro atoms. The van der Waals surface area contributed by atoms with Crippen LogP contribution < -0.4 is 0 Å². The van der Waals surface area contributed by atoms with Crippen LogP contribution in [0.2, 0.25) is 0 Å². The van der Waals surface area contributed by atoms with Crippen LogP contribution in [0.25, 0.3) is 0 Å². The van der Waals surface area contributed by atoms with Crippen LogP contribution in [0.1, 0.15) is 0 Å². The molecule has 2 aliphatic heterocycles. The molecule has 2 heterocycles. The van der Waals surface area contributed by atoms with Crippen LogP contribution in [-0.2, 0) is 9.47 Å². The summed E-state index contributed by atoms with van der Waals surface area (Å²) in [4.78, 5) is 0. The van der Waals surface area contributed by atoms with Crippen molar-refractivity contribution >= 4 is 0 Å². The van der Waals surface area contributed by atoms with Crippen molar-refractivity contribution in [3.63, 3.8) is 0 Å². The number of ether oxygens (including phenoxy) is 2. The van der Waals surface area contributed by atoms with Crippen molar-refractivity contribution in [2.75, 3.05) is 0 Å². The molecule has 0 radical (unpaired) electrons. The summed E-state index contributed by atoms with van der Waals surface area (Å²) < 4.78 is 10.9. The van der Waals surface area contributed by atoms with Crippen molar-refractivity contribution in [1.82, 2.24) is 0 Å². The number of fused-ring (bicyclic) bond motifs is 6. The van der Waals surface area contributed by atoms with Gasteiger partial charge in [-0.15, -0.1) is 0 Å². The van der Waals surface area contributed by atoms with Crippen LogP contribution in [0.4, 0.5) is 0 Å². The standard InChI is InChI=1S/C8H7NO2/c9-1-2-3-4(2)6-8(11-6)7-5(3)10-7/h2-8H/t2?,3-,4+,5-,6-,7-,8+/m0/s1. The summed E-state index contributed by atoms with van der Waals surface area (Å²) >= 11 is 0. The summed E-state index contributed by atoms with van der Waals surface area (Å²) in [5.74, 6) is 1.32. The first kappa shape index (κ1) is 5.13. The van der Waals surface area contributed by atoms with Gasteiger partial charge in [-0.05, 0) is 0 Å². The fourth-order valence-corrected chi connectivity index (χ4v) is 2.80. The summed E-state index contributed by atoms with van der Waals surface area (Å²) in [7, 11) is 0. The molecule has 7 atom stereocenters. The van der Waals surface area contributed by atoms with E-state index in [4.69, 9.17) is 14.7 Å². The van der Waals surface area contributed by atoms with Gasteiger partial charge in [0.15, 0.2) is 0 Å². The normalized spacial score (nSPS) is 73.5. The molecule has 2 aliphatic carbocycles. The predicted octanol–water partition coefficient (Wildman–Crippen LogP) is -0.0794. The van der Waals surface area contributed by atoms with E-state index in [1.165, 1.54) is 0 Å². The van der Waals surface area contributed by atoms with E-state index in [-0.39, 0.29) is 5.92 Å². The second-order valence-electron chi connectivity index (χ2n) is 3.94. The van der Waals surface area contributed by atoms with E-state index >= 15 is 0 Å². The lowest BCUT2D eigenvalue weighted by Crippen LogP contribution is -2.14. The Labute approximate surface area is 63.9 Å². The van der Waals surface area contributed by atoms with Gasteiger partial charge < -0.3 is 9.47 Å². The third kappa shape index (κ3) is 0.412. The first-order valence-corrected chi connectivity index (χ1v) is 4.12. The smallest absolute Gasteiger partial charge is 0.113 e. The van der Waals surface area contributed by atoms with Crippen LogP contribution in [0.3, 0.4) is 0 Å². The Morgan fingerprint density at radius 1 is 0.909 bits per heavy atom. The fraction of sp³-hybridized carbons (Fsp3) is 0.875. The minimum absolute atomic E-state index is 0.252. The Bertz CT molecular complexity index is 262. The highest BCUT2D eigenvalue weighted by atomic mass is 16.7. The van der Waals surface area contributed by atoms with Crippen LogP contribution in [0.5, 0.6) is 0 Å². The molecule has 11 heavy (non-hydrogen) atoms.